The average molecular weight is 355 g/mol. The van der Waals surface area contributed by atoms with Gasteiger partial charge in [-0.15, -0.1) is 0 Å². The molecule has 0 saturated heterocycles. The van der Waals surface area contributed by atoms with Crippen molar-refractivity contribution in [2.75, 3.05) is 14.1 Å². The van der Waals surface area contributed by atoms with Gasteiger partial charge in [-0.2, -0.15) is 0 Å². The molecule has 0 radical (unpaired) electrons. The number of H-pyrrole nitrogens is 1. The largest absolute Gasteiger partial charge is 0.309 e. The Bertz CT molecular complexity index is 593. The summed E-state index contributed by atoms with van der Waals surface area (Å²) in [6, 6.07) is 9.76. The van der Waals surface area contributed by atoms with Crippen LogP contribution in [0.2, 0.25) is 0 Å². The fourth-order valence-corrected chi connectivity index (χ4v) is 2.23. The van der Waals surface area contributed by atoms with Crippen LogP contribution >= 0.6 is 22.6 Å². The molecule has 0 fully saturated rings. The summed E-state index contributed by atoms with van der Waals surface area (Å²) in [5.74, 6) is 0.685. The van der Waals surface area contributed by atoms with Crippen molar-refractivity contribution >= 4 is 22.6 Å². The maximum Gasteiger partial charge on any atom is 0.265 e. The van der Waals surface area contributed by atoms with Crippen LogP contribution in [0.5, 0.6) is 0 Å². The fourth-order valence-electron chi connectivity index (χ4n) is 1.67. The van der Waals surface area contributed by atoms with Crippen molar-refractivity contribution < 1.29 is 0 Å². The summed E-state index contributed by atoms with van der Waals surface area (Å²) < 4.78 is 0.626. The number of nitrogens with zero attached hydrogens (tertiary/aromatic N) is 2. The van der Waals surface area contributed by atoms with Crippen LogP contribution in [-0.2, 0) is 6.54 Å². The molecule has 5 heteroatoms. The molecule has 1 heterocycles. The molecule has 0 saturated carbocycles. The third kappa shape index (κ3) is 2.97. The van der Waals surface area contributed by atoms with Crippen molar-refractivity contribution in [3.63, 3.8) is 0 Å². The Morgan fingerprint density at radius 2 is 1.94 bits per heavy atom. The van der Waals surface area contributed by atoms with Crippen LogP contribution in [0.4, 0.5) is 0 Å². The van der Waals surface area contributed by atoms with E-state index in [-0.39, 0.29) is 5.56 Å². The predicted molar refractivity (Wildman–Crippen MR) is 80.4 cm³/mol. The predicted octanol–water partition coefficient (Wildman–Crippen LogP) is 2.10. The second-order valence-corrected chi connectivity index (χ2v) is 5.36. The summed E-state index contributed by atoms with van der Waals surface area (Å²) in [5.41, 5.74) is 1.63. The van der Waals surface area contributed by atoms with Crippen molar-refractivity contribution in [1.82, 2.24) is 14.9 Å². The molecule has 2 rings (SSSR count). The summed E-state index contributed by atoms with van der Waals surface area (Å²) in [5, 5.41) is 0. The SMILES string of the molecule is CN(C)Cc1nc(-c2ccccc2)c(I)c(=O)[nH]1. The van der Waals surface area contributed by atoms with Gasteiger partial charge in [0.1, 0.15) is 9.39 Å². The van der Waals surface area contributed by atoms with E-state index in [1.54, 1.807) is 0 Å². The minimum atomic E-state index is -0.0821. The van der Waals surface area contributed by atoms with E-state index in [0.29, 0.717) is 15.9 Å². The normalized spacial score (nSPS) is 10.9. The molecule has 0 bridgehead atoms. The molecule has 0 aliphatic rings. The lowest BCUT2D eigenvalue weighted by Gasteiger charge is -2.11. The highest BCUT2D eigenvalue weighted by Crippen LogP contribution is 2.20. The van der Waals surface area contributed by atoms with Gasteiger partial charge in [-0.3, -0.25) is 4.79 Å². The topological polar surface area (TPSA) is 49.0 Å². The lowest BCUT2D eigenvalue weighted by atomic mass is 10.1. The zero-order valence-electron chi connectivity index (χ0n) is 10.3. The molecule has 4 nitrogen and oxygen atoms in total. The second kappa shape index (κ2) is 5.62. The molecule has 18 heavy (non-hydrogen) atoms. The first-order valence-electron chi connectivity index (χ1n) is 5.57. The maximum absolute atomic E-state index is 11.9. The number of nitrogens with one attached hydrogen (secondary N) is 1. The van der Waals surface area contributed by atoms with Gasteiger partial charge in [0.25, 0.3) is 5.56 Å². The highest BCUT2D eigenvalue weighted by atomic mass is 127. The minimum Gasteiger partial charge on any atom is -0.309 e. The Kier molecular flexibility index (Phi) is 4.13. The summed E-state index contributed by atoms with van der Waals surface area (Å²) in [4.78, 5) is 21.2. The van der Waals surface area contributed by atoms with Crippen molar-refractivity contribution in [3.05, 3.63) is 50.1 Å². The lowest BCUT2D eigenvalue weighted by Crippen LogP contribution is -2.21. The summed E-state index contributed by atoms with van der Waals surface area (Å²) in [6.45, 7) is 0.617. The third-order valence-corrected chi connectivity index (χ3v) is 3.43. The Morgan fingerprint density at radius 3 is 2.56 bits per heavy atom. The molecule has 0 atom stereocenters. The Morgan fingerprint density at radius 1 is 1.28 bits per heavy atom. The molecule has 0 aliphatic heterocycles. The van der Waals surface area contributed by atoms with E-state index in [4.69, 9.17) is 0 Å². The molecular weight excluding hydrogens is 341 g/mol. The highest BCUT2D eigenvalue weighted by molar-refractivity contribution is 14.1. The lowest BCUT2D eigenvalue weighted by molar-refractivity contribution is 0.390. The molecule has 94 valence electrons. The minimum absolute atomic E-state index is 0.0821. The standard InChI is InChI=1S/C13H14IN3O/c1-17(2)8-10-15-12(11(14)13(18)16-10)9-6-4-3-5-7-9/h3-7H,8H2,1-2H3,(H,15,16,18). The summed E-state index contributed by atoms with van der Waals surface area (Å²) in [6.07, 6.45) is 0. The van der Waals surface area contributed by atoms with Crippen LogP contribution in [0.3, 0.4) is 0 Å². The van der Waals surface area contributed by atoms with Gasteiger partial charge in [-0.1, -0.05) is 30.3 Å². The maximum atomic E-state index is 11.9. The molecule has 0 aliphatic carbocycles. The highest BCUT2D eigenvalue weighted by Gasteiger charge is 2.11. The number of halogens is 1. The van der Waals surface area contributed by atoms with Crippen LogP contribution in [0, 0.1) is 3.57 Å². The van der Waals surface area contributed by atoms with Crippen molar-refractivity contribution in [3.8, 4) is 11.3 Å². The van der Waals surface area contributed by atoms with E-state index < -0.39 is 0 Å². The molecular formula is C13H14IN3O. The van der Waals surface area contributed by atoms with Gasteiger partial charge in [0.05, 0.1) is 12.2 Å². The molecule has 0 spiro atoms. The number of hydrogen-bond acceptors (Lipinski definition) is 3. The quantitative estimate of drug-likeness (QED) is 0.858. The van der Waals surface area contributed by atoms with Crippen LogP contribution in [-0.4, -0.2) is 29.0 Å². The van der Waals surface area contributed by atoms with Gasteiger partial charge in [-0.25, -0.2) is 4.98 Å². The molecule has 1 aromatic carbocycles. The van der Waals surface area contributed by atoms with Gasteiger partial charge in [0.2, 0.25) is 0 Å². The van der Waals surface area contributed by atoms with Gasteiger partial charge in [-0.05, 0) is 36.7 Å². The first-order valence-corrected chi connectivity index (χ1v) is 6.64. The van der Waals surface area contributed by atoms with E-state index in [0.717, 1.165) is 11.3 Å². The smallest absolute Gasteiger partial charge is 0.265 e. The third-order valence-electron chi connectivity index (χ3n) is 2.43. The van der Waals surface area contributed by atoms with Crippen molar-refractivity contribution in [1.29, 1.82) is 0 Å². The molecule has 0 amide bonds. The van der Waals surface area contributed by atoms with Crippen LogP contribution in [0.25, 0.3) is 11.3 Å². The van der Waals surface area contributed by atoms with Gasteiger partial charge >= 0.3 is 0 Å². The van der Waals surface area contributed by atoms with Crippen molar-refractivity contribution in [2.45, 2.75) is 6.54 Å². The molecule has 1 aromatic heterocycles. The number of benzene rings is 1. The van der Waals surface area contributed by atoms with E-state index in [2.05, 4.69) is 9.97 Å². The van der Waals surface area contributed by atoms with Gasteiger partial charge in [0.15, 0.2) is 0 Å². The molecule has 2 aromatic rings. The van der Waals surface area contributed by atoms with Gasteiger partial charge < -0.3 is 9.88 Å². The van der Waals surface area contributed by atoms with E-state index in [1.807, 2.05) is 71.9 Å². The Balaban J connectivity index is 2.53. The molecule has 0 unspecified atom stereocenters. The average Bonchev–Trinajstić information content (AvgIpc) is 2.34. The van der Waals surface area contributed by atoms with Crippen molar-refractivity contribution in [2.24, 2.45) is 0 Å². The fraction of sp³-hybridized carbons (Fsp3) is 0.231. The number of aromatic nitrogens is 2. The van der Waals surface area contributed by atoms with E-state index >= 15 is 0 Å². The number of hydrogen-bond donors (Lipinski definition) is 1. The number of rotatable bonds is 3. The van der Waals surface area contributed by atoms with E-state index in [9.17, 15) is 4.79 Å². The second-order valence-electron chi connectivity index (χ2n) is 4.28. The Hall–Kier alpha value is -1.21. The Labute approximate surface area is 119 Å². The zero-order valence-corrected chi connectivity index (χ0v) is 12.4. The number of aromatic amines is 1. The molecule has 1 N–H and O–H groups in total. The van der Waals surface area contributed by atoms with Crippen LogP contribution in [0.15, 0.2) is 35.1 Å². The van der Waals surface area contributed by atoms with Crippen LogP contribution < -0.4 is 5.56 Å². The first-order chi connectivity index (χ1) is 8.58. The monoisotopic (exact) mass is 355 g/mol. The summed E-state index contributed by atoms with van der Waals surface area (Å²) >= 11 is 2.04. The summed E-state index contributed by atoms with van der Waals surface area (Å²) in [7, 11) is 3.89. The van der Waals surface area contributed by atoms with Gasteiger partial charge in [0, 0.05) is 5.56 Å². The van der Waals surface area contributed by atoms with Crippen LogP contribution in [0.1, 0.15) is 5.82 Å². The zero-order chi connectivity index (χ0) is 13.1. The van der Waals surface area contributed by atoms with E-state index in [1.165, 1.54) is 0 Å². The first kappa shape index (κ1) is 13.2.